The van der Waals surface area contributed by atoms with Crippen molar-refractivity contribution in [3.63, 3.8) is 0 Å². The topological polar surface area (TPSA) is 0 Å². The smallest absolute Gasteiger partial charge is 0.00633 e. The lowest BCUT2D eigenvalue weighted by molar-refractivity contribution is 0.515. The Kier molecular flexibility index (Phi) is 9.59. The molecule has 0 aliphatic heterocycles. The second-order valence-corrected chi connectivity index (χ2v) is 14.4. The van der Waals surface area contributed by atoms with E-state index in [0.717, 1.165) is 0 Å². The molecule has 0 fully saturated rings. The summed E-state index contributed by atoms with van der Waals surface area (Å²) in [5.41, 5.74) is 16.1. The average molecular weight is 539 g/mol. The summed E-state index contributed by atoms with van der Waals surface area (Å²) in [6.07, 6.45) is 10.2. The molecule has 2 aromatic rings. The summed E-state index contributed by atoms with van der Waals surface area (Å²) in [7, 11) is 0. The number of rotatable bonds is 11. The van der Waals surface area contributed by atoms with Crippen LogP contribution >= 0.6 is 0 Å². The van der Waals surface area contributed by atoms with E-state index < -0.39 is 0 Å². The minimum Gasteiger partial charge on any atom is -0.0648 e. The predicted molar refractivity (Wildman–Crippen MR) is 179 cm³/mol. The van der Waals surface area contributed by atoms with Crippen molar-refractivity contribution >= 4 is 12.2 Å². The van der Waals surface area contributed by atoms with Crippen molar-refractivity contribution in [2.24, 2.45) is 11.8 Å². The van der Waals surface area contributed by atoms with Crippen LogP contribution in [-0.2, 0) is 0 Å². The molecule has 0 nitrogen and oxygen atoms in total. The summed E-state index contributed by atoms with van der Waals surface area (Å²) in [5.74, 6) is 4.52. The van der Waals surface area contributed by atoms with Gasteiger partial charge in [0, 0.05) is 11.8 Å². The second kappa shape index (κ2) is 12.4. The van der Waals surface area contributed by atoms with E-state index in [9.17, 15) is 0 Å². The first-order valence-electron chi connectivity index (χ1n) is 16.7. The number of fused-ring (bicyclic) bond motifs is 2. The van der Waals surface area contributed by atoms with Crippen LogP contribution in [0.1, 0.15) is 189 Å². The van der Waals surface area contributed by atoms with Crippen LogP contribution < -0.4 is 0 Å². The third-order valence-corrected chi connectivity index (χ3v) is 10.4. The monoisotopic (exact) mass is 538 g/mol. The Morgan fingerprint density at radius 3 is 1.05 bits per heavy atom. The first-order chi connectivity index (χ1) is 18.9. The first kappa shape index (κ1) is 30.9. The van der Waals surface area contributed by atoms with E-state index in [4.69, 9.17) is 0 Å². The third-order valence-electron chi connectivity index (χ3n) is 10.4. The van der Waals surface area contributed by atoms with Gasteiger partial charge in [0.25, 0.3) is 0 Å². The van der Waals surface area contributed by atoms with Crippen molar-refractivity contribution in [1.29, 1.82) is 0 Å². The summed E-state index contributed by atoms with van der Waals surface area (Å²) in [4.78, 5) is 0. The number of benzene rings is 2. The number of hydrogen-bond acceptors (Lipinski definition) is 0. The molecule has 0 heteroatoms. The van der Waals surface area contributed by atoms with E-state index in [-0.39, 0.29) is 0 Å². The van der Waals surface area contributed by atoms with Gasteiger partial charge in [-0.2, -0.15) is 0 Å². The Morgan fingerprint density at radius 1 is 0.475 bits per heavy atom. The molecule has 4 unspecified atom stereocenters. The fourth-order valence-corrected chi connectivity index (χ4v) is 7.72. The lowest BCUT2D eigenvalue weighted by Gasteiger charge is -2.29. The minimum absolute atomic E-state index is 0.541. The zero-order valence-corrected chi connectivity index (χ0v) is 27.9. The molecule has 40 heavy (non-hydrogen) atoms. The summed E-state index contributed by atoms with van der Waals surface area (Å²) < 4.78 is 0. The highest BCUT2D eigenvalue weighted by Crippen LogP contribution is 2.53. The highest BCUT2D eigenvalue weighted by atomic mass is 14.4. The Morgan fingerprint density at radius 2 is 0.775 bits per heavy atom. The molecule has 0 saturated heterocycles. The molecule has 2 aromatic carbocycles. The van der Waals surface area contributed by atoms with Gasteiger partial charge < -0.3 is 0 Å². The van der Waals surface area contributed by atoms with Crippen LogP contribution in [-0.4, -0.2) is 0 Å². The van der Waals surface area contributed by atoms with Crippen molar-refractivity contribution in [1.82, 2.24) is 0 Å². The third kappa shape index (κ3) is 5.54. The molecule has 0 saturated carbocycles. The van der Waals surface area contributed by atoms with Crippen LogP contribution in [0.2, 0.25) is 0 Å². The Bertz CT molecular complexity index is 1160. The minimum atomic E-state index is 0.541. The maximum Gasteiger partial charge on any atom is 0.00633 e. The van der Waals surface area contributed by atoms with E-state index in [1.54, 1.807) is 44.5 Å². The van der Waals surface area contributed by atoms with E-state index in [2.05, 4.69) is 120 Å². The molecule has 0 heterocycles. The summed E-state index contributed by atoms with van der Waals surface area (Å²) in [6, 6.07) is 9.82. The fraction of sp³-hybridized carbons (Fsp3) is 0.600. The molecule has 0 amide bonds. The van der Waals surface area contributed by atoms with Gasteiger partial charge in [-0.3, -0.25) is 0 Å². The van der Waals surface area contributed by atoms with Crippen molar-refractivity contribution in [3.8, 4) is 0 Å². The molecule has 0 bridgehead atoms. The average Bonchev–Trinajstić information content (AvgIpc) is 3.48. The molecule has 0 aromatic heterocycles. The Hall–Kier alpha value is -2.08. The van der Waals surface area contributed by atoms with Gasteiger partial charge in [-0.15, -0.1) is 0 Å². The van der Waals surface area contributed by atoms with Crippen LogP contribution in [0, 0.1) is 11.8 Å². The Balaban J connectivity index is 1.83. The molecule has 2 aliphatic rings. The van der Waals surface area contributed by atoms with Crippen LogP contribution in [0.5, 0.6) is 0 Å². The predicted octanol–water partition coefficient (Wildman–Crippen LogP) is 12.7. The van der Waals surface area contributed by atoms with E-state index in [1.165, 1.54) is 36.8 Å². The normalized spacial score (nSPS) is 19.9. The number of hydrogen-bond donors (Lipinski definition) is 0. The van der Waals surface area contributed by atoms with Crippen molar-refractivity contribution in [2.45, 2.75) is 144 Å². The fourth-order valence-electron chi connectivity index (χ4n) is 7.72. The zero-order valence-electron chi connectivity index (χ0n) is 27.9. The molecule has 0 spiro atoms. The lowest BCUT2D eigenvalue weighted by atomic mass is 9.75. The highest BCUT2D eigenvalue weighted by Gasteiger charge is 2.36. The van der Waals surface area contributed by atoms with Gasteiger partial charge in [0.1, 0.15) is 0 Å². The van der Waals surface area contributed by atoms with Crippen LogP contribution in [0.15, 0.2) is 35.4 Å². The van der Waals surface area contributed by atoms with Crippen LogP contribution in [0.4, 0.5) is 0 Å². The standard InChI is InChI=1S/C40H58/c1-13-27(11)35-21-37-29(23(3)4)15-17-31(25(7)8)39(37)33(35)19-20-34-36(28(12)14-2)22-38-30(24(5)6)16-18-32(26(9)10)40(34)38/h15-18,21-28,33-34H,13-14,19-20H2,1-12H3. The van der Waals surface area contributed by atoms with Crippen LogP contribution in [0.3, 0.4) is 0 Å². The van der Waals surface area contributed by atoms with Crippen molar-refractivity contribution < 1.29 is 0 Å². The van der Waals surface area contributed by atoms with Gasteiger partial charge in [-0.05, 0) is 106 Å². The van der Waals surface area contributed by atoms with Gasteiger partial charge in [-0.25, -0.2) is 0 Å². The van der Waals surface area contributed by atoms with E-state index in [1.807, 2.05) is 0 Å². The first-order valence-corrected chi connectivity index (χ1v) is 16.7. The van der Waals surface area contributed by atoms with E-state index in [0.29, 0.717) is 47.3 Å². The van der Waals surface area contributed by atoms with Gasteiger partial charge in [-0.1, -0.05) is 131 Å². The summed E-state index contributed by atoms with van der Waals surface area (Å²) in [5, 5.41) is 0. The molecule has 4 atom stereocenters. The van der Waals surface area contributed by atoms with Crippen molar-refractivity contribution in [3.05, 3.63) is 79.9 Å². The second-order valence-electron chi connectivity index (χ2n) is 14.4. The summed E-state index contributed by atoms with van der Waals surface area (Å²) >= 11 is 0. The number of allylic oxidation sites excluding steroid dienone is 2. The maximum absolute atomic E-state index is 2.64. The SMILES string of the molecule is CCC(C)C1=Cc2c(C(C)C)ccc(C(C)C)c2C1CCC1C(C(C)CC)=Cc2c(C(C)C)ccc(C(C)C)c21. The largest absolute Gasteiger partial charge is 0.0648 e. The van der Waals surface area contributed by atoms with Gasteiger partial charge >= 0.3 is 0 Å². The van der Waals surface area contributed by atoms with Gasteiger partial charge in [0.05, 0.1) is 0 Å². The van der Waals surface area contributed by atoms with Crippen molar-refractivity contribution in [2.75, 3.05) is 0 Å². The zero-order chi connectivity index (χ0) is 29.5. The van der Waals surface area contributed by atoms with E-state index >= 15 is 0 Å². The quantitative estimate of drug-likeness (QED) is 0.267. The molecule has 0 N–H and O–H groups in total. The van der Waals surface area contributed by atoms with Crippen LogP contribution in [0.25, 0.3) is 12.2 Å². The molecular formula is C40H58. The molecule has 2 aliphatic carbocycles. The Labute approximate surface area is 247 Å². The molecular weight excluding hydrogens is 480 g/mol. The lowest BCUT2D eigenvalue weighted by Crippen LogP contribution is -2.14. The molecule has 4 rings (SSSR count). The maximum atomic E-state index is 2.64. The van der Waals surface area contributed by atoms with Gasteiger partial charge in [0.15, 0.2) is 0 Å². The van der Waals surface area contributed by atoms with Gasteiger partial charge in [0.2, 0.25) is 0 Å². The highest BCUT2D eigenvalue weighted by molar-refractivity contribution is 5.74. The summed E-state index contributed by atoms with van der Waals surface area (Å²) in [6.45, 7) is 28.7. The molecule has 218 valence electrons. The molecule has 0 radical (unpaired) electrons.